The molecule has 18 heavy (non-hydrogen) atoms. The fourth-order valence-electron chi connectivity index (χ4n) is 2.02. The standard InChI is InChI=1S/C15H18ClNO/c1-4-10-17(14(18)11-16)15-12(5-2)8-7-9-13(15)6-3/h1,7-9H,5-6,10-11H2,2-3H3. The molecule has 0 saturated carbocycles. The zero-order valence-corrected chi connectivity index (χ0v) is 11.6. The molecule has 0 radical (unpaired) electrons. The molecule has 96 valence electrons. The summed E-state index contributed by atoms with van der Waals surface area (Å²) in [5.41, 5.74) is 3.19. The molecule has 0 aromatic heterocycles. The van der Waals surface area contributed by atoms with Crippen molar-refractivity contribution in [3.05, 3.63) is 29.3 Å². The number of terminal acetylenes is 1. The number of carbonyl (C=O) groups is 1. The first-order valence-corrected chi connectivity index (χ1v) is 6.63. The number of aryl methyl sites for hydroxylation is 2. The lowest BCUT2D eigenvalue weighted by Gasteiger charge is -2.25. The second-order valence-electron chi connectivity index (χ2n) is 3.95. The number of anilines is 1. The molecule has 1 aromatic carbocycles. The summed E-state index contributed by atoms with van der Waals surface area (Å²) < 4.78 is 0. The van der Waals surface area contributed by atoms with Crippen molar-refractivity contribution in [2.45, 2.75) is 26.7 Å². The topological polar surface area (TPSA) is 20.3 Å². The highest BCUT2D eigenvalue weighted by Crippen LogP contribution is 2.27. The van der Waals surface area contributed by atoms with Gasteiger partial charge < -0.3 is 0 Å². The van der Waals surface area contributed by atoms with Crippen LogP contribution in [0.25, 0.3) is 0 Å². The van der Waals surface area contributed by atoms with Crippen LogP contribution in [0.4, 0.5) is 5.69 Å². The van der Waals surface area contributed by atoms with Crippen molar-refractivity contribution in [2.75, 3.05) is 17.3 Å². The van der Waals surface area contributed by atoms with Gasteiger partial charge in [0.2, 0.25) is 5.91 Å². The van der Waals surface area contributed by atoms with Gasteiger partial charge in [0, 0.05) is 0 Å². The summed E-state index contributed by atoms with van der Waals surface area (Å²) in [6, 6.07) is 6.07. The van der Waals surface area contributed by atoms with Gasteiger partial charge in [0.25, 0.3) is 0 Å². The Labute approximate surface area is 114 Å². The van der Waals surface area contributed by atoms with Crippen molar-refractivity contribution < 1.29 is 4.79 Å². The summed E-state index contributed by atoms with van der Waals surface area (Å²) in [6.07, 6.45) is 7.08. The minimum atomic E-state index is -0.148. The molecule has 0 aliphatic carbocycles. The van der Waals surface area contributed by atoms with Crippen molar-refractivity contribution in [1.29, 1.82) is 0 Å². The van der Waals surface area contributed by atoms with Gasteiger partial charge in [-0.2, -0.15) is 0 Å². The van der Waals surface area contributed by atoms with Crippen molar-refractivity contribution in [1.82, 2.24) is 0 Å². The van der Waals surface area contributed by atoms with E-state index in [1.165, 1.54) is 0 Å². The van der Waals surface area contributed by atoms with E-state index in [1.54, 1.807) is 4.90 Å². The highest BCUT2D eigenvalue weighted by molar-refractivity contribution is 6.29. The Hall–Kier alpha value is -1.46. The number of nitrogens with zero attached hydrogens (tertiary/aromatic N) is 1. The van der Waals surface area contributed by atoms with Crippen LogP contribution in [0.1, 0.15) is 25.0 Å². The van der Waals surface area contributed by atoms with Gasteiger partial charge in [-0.25, -0.2) is 0 Å². The molecule has 1 amide bonds. The lowest BCUT2D eigenvalue weighted by molar-refractivity contribution is -0.116. The SMILES string of the molecule is C#CCN(C(=O)CCl)c1c(CC)cccc1CC. The van der Waals surface area contributed by atoms with Gasteiger partial charge in [0.15, 0.2) is 0 Å². The van der Waals surface area contributed by atoms with Crippen LogP contribution in [-0.4, -0.2) is 18.3 Å². The van der Waals surface area contributed by atoms with E-state index < -0.39 is 0 Å². The van der Waals surface area contributed by atoms with Crippen molar-refractivity contribution in [3.63, 3.8) is 0 Å². The normalized spacial score (nSPS) is 9.89. The average molecular weight is 264 g/mol. The van der Waals surface area contributed by atoms with Crippen LogP contribution in [0.3, 0.4) is 0 Å². The van der Waals surface area contributed by atoms with Gasteiger partial charge in [-0.15, -0.1) is 18.0 Å². The van der Waals surface area contributed by atoms with E-state index in [0.29, 0.717) is 0 Å². The summed E-state index contributed by atoms with van der Waals surface area (Å²) in [7, 11) is 0. The number of hydrogen-bond donors (Lipinski definition) is 0. The number of carbonyl (C=O) groups excluding carboxylic acids is 1. The molecule has 0 fully saturated rings. The third-order valence-electron chi connectivity index (χ3n) is 2.90. The zero-order valence-electron chi connectivity index (χ0n) is 10.9. The van der Waals surface area contributed by atoms with E-state index in [2.05, 4.69) is 19.8 Å². The Bertz CT molecular complexity index is 440. The van der Waals surface area contributed by atoms with Crippen LogP contribution in [-0.2, 0) is 17.6 Å². The minimum absolute atomic E-state index is 0.0527. The number of benzene rings is 1. The summed E-state index contributed by atoms with van der Waals surface area (Å²) in [4.78, 5) is 13.6. The Morgan fingerprint density at radius 1 is 1.33 bits per heavy atom. The number of amides is 1. The predicted octanol–water partition coefficient (Wildman–Crippen LogP) is 3.02. The number of rotatable bonds is 5. The summed E-state index contributed by atoms with van der Waals surface area (Å²) in [5, 5.41) is 0. The van der Waals surface area contributed by atoms with Crippen LogP contribution >= 0.6 is 11.6 Å². The van der Waals surface area contributed by atoms with E-state index in [1.807, 2.05) is 18.2 Å². The van der Waals surface area contributed by atoms with E-state index >= 15 is 0 Å². The molecule has 3 heteroatoms. The molecule has 0 aliphatic heterocycles. The summed E-state index contributed by atoms with van der Waals surface area (Å²) in [6.45, 7) is 4.39. The maximum atomic E-state index is 11.9. The van der Waals surface area contributed by atoms with Gasteiger partial charge in [-0.1, -0.05) is 38.0 Å². The molecular formula is C15H18ClNO. The molecule has 0 saturated heterocycles. The molecular weight excluding hydrogens is 246 g/mol. The third kappa shape index (κ3) is 3.05. The maximum absolute atomic E-state index is 11.9. The molecule has 0 bridgehead atoms. The fraction of sp³-hybridized carbons (Fsp3) is 0.400. The van der Waals surface area contributed by atoms with E-state index in [0.717, 1.165) is 29.7 Å². The van der Waals surface area contributed by atoms with Crippen molar-refractivity contribution >= 4 is 23.2 Å². The van der Waals surface area contributed by atoms with Gasteiger partial charge >= 0.3 is 0 Å². The molecule has 1 rings (SSSR count). The van der Waals surface area contributed by atoms with Crippen LogP contribution in [0.5, 0.6) is 0 Å². The molecule has 0 N–H and O–H groups in total. The second kappa shape index (κ2) is 7.08. The third-order valence-corrected chi connectivity index (χ3v) is 3.13. The van der Waals surface area contributed by atoms with Crippen LogP contribution < -0.4 is 4.90 Å². The quantitative estimate of drug-likeness (QED) is 0.591. The first-order chi connectivity index (χ1) is 8.69. The lowest BCUT2D eigenvalue weighted by Crippen LogP contribution is -2.33. The van der Waals surface area contributed by atoms with Crippen molar-refractivity contribution in [3.8, 4) is 12.3 Å². The summed E-state index contributed by atoms with van der Waals surface area (Å²) in [5.74, 6) is 2.33. The molecule has 0 aliphatic rings. The molecule has 1 aromatic rings. The number of para-hydroxylation sites is 1. The van der Waals surface area contributed by atoms with Crippen molar-refractivity contribution in [2.24, 2.45) is 0 Å². The van der Waals surface area contributed by atoms with E-state index in [9.17, 15) is 4.79 Å². The molecule has 0 spiro atoms. The number of hydrogen-bond acceptors (Lipinski definition) is 1. The smallest absolute Gasteiger partial charge is 0.242 e. The van der Waals surface area contributed by atoms with Crippen LogP contribution in [0.2, 0.25) is 0 Å². The Kier molecular flexibility index (Phi) is 5.74. The van der Waals surface area contributed by atoms with Crippen LogP contribution in [0.15, 0.2) is 18.2 Å². The number of alkyl halides is 1. The summed E-state index contributed by atoms with van der Waals surface area (Å²) >= 11 is 5.66. The largest absolute Gasteiger partial charge is 0.299 e. The van der Waals surface area contributed by atoms with Gasteiger partial charge in [0.1, 0.15) is 5.88 Å². The minimum Gasteiger partial charge on any atom is -0.299 e. The number of halogens is 1. The van der Waals surface area contributed by atoms with E-state index in [-0.39, 0.29) is 18.3 Å². The highest BCUT2D eigenvalue weighted by atomic mass is 35.5. The lowest BCUT2D eigenvalue weighted by atomic mass is 10.0. The second-order valence-corrected chi connectivity index (χ2v) is 4.22. The molecule has 2 nitrogen and oxygen atoms in total. The molecule has 0 heterocycles. The van der Waals surface area contributed by atoms with Crippen LogP contribution in [0, 0.1) is 12.3 Å². The van der Waals surface area contributed by atoms with Gasteiger partial charge in [-0.05, 0) is 24.0 Å². The molecule has 0 atom stereocenters. The Morgan fingerprint density at radius 2 is 1.89 bits per heavy atom. The Balaban J connectivity index is 3.33. The monoisotopic (exact) mass is 263 g/mol. The predicted molar refractivity (Wildman–Crippen MR) is 77.1 cm³/mol. The van der Waals surface area contributed by atoms with Gasteiger partial charge in [-0.3, -0.25) is 9.69 Å². The molecule has 0 unspecified atom stereocenters. The van der Waals surface area contributed by atoms with Gasteiger partial charge in [0.05, 0.1) is 12.2 Å². The first kappa shape index (κ1) is 14.6. The fourth-order valence-corrected chi connectivity index (χ4v) is 2.16. The maximum Gasteiger partial charge on any atom is 0.242 e. The zero-order chi connectivity index (χ0) is 13.5. The highest BCUT2D eigenvalue weighted by Gasteiger charge is 2.19. The first-order valence-electron chi connectivity index (χ1n) is 6.10. The Morgan fingerprint density at radius 3 is 2.28 bits per heavy atom. The average Bonchev–Trinajstić information content (AvgIpc) is 2.43. The van der Waals surface area contributed by atoms with E-state index in [4.69, 9.17) is 18.0 Å².